The van der Waals surface area contributed by atoms with Crippen molar-refractivity contribution in [1.29, 1.82) is 0 Å². The fourth-order valence-corrected chi connectivity index (χ4v) is 1.79. The molecule has 0 heterocycles. The lowest BCUT2D eigenvalue weighted by Gasteiger charge is -2.11. The Hall–Kier alpha value is -0.260. The van der Waals surface area contributed by atoms with Gasteiger partial charge in [-0.15, -0.1) is 0 Å². The van der Waals surface area contributed by atoms with E-state index in [1.54, 1.807) is 0 Å². The monoisotopic (exact) mass is 221 g/mol. The van der Waals surface area contributed by atoms with Crippen LogP contribution in [0.1, 0.15) is 6.92 Å². The van der Waals surface area contributed by atoms with Gasteiger partial charge in [-0.25, -0.2) is 0 Å². The Morgan fingerprint density at radius 2 is 1.50 bits per heavy atom. The van der Waals surface area contributed by atoms with Gasteiger partial charge in [0.05, 0.1) is 10.5 Å². The van der Waals surface area contributed by atoms with Gasteiger partial charge in [0.1, 0.15) is 0 Å². The van der Waals surface area contributed by atoms with Crippen LogP contribution in [0.15, 0.2) is 0 Å². The molecule has 0 bridgehead atoms. The second kappa shape index (κ2) is 3.64. The van der Waals surface area contributed by atoms with Crippen molar-refractivity contribution in [1.82, 2.24) is 3.87 Å². The molecule has 74 valence electrons. The van der Waals surface area contributed by atoms with Crippen LogP contribution in [0.3, 0.4) is 0 Å². The summed E-state index contributed by atoms with van der Waals surface area (Å²) < 4.78 is 56.2. The van der Waals surface area contributed by atoms with Gasteiger partial charge in [-0.05, 0) is 6.92 Å². The third-order valence-corrected chi connectivity index (χ3v) is 2.71. The van der Waals surface area contributed by atoms with Crippen LogP contribution < -0.4 is 0 Å². The molecule has 0 saturated heterocycles. The zero-order valence-corrected chi connectivity index (χ0v) is 7.54. The van der Waals surface area contributed by atoms with Crippen molar-refractivity contribution in [3.8, 4) is 0 Å². The van der Waals surface area contributed by atoms with E-state index >= 15 is 0 Å². The first-order chi connectivity index (χ1) is 5.19. The van der Waals surface area contributed by atoms with Crippen molar-refractivity contribution < 1.29 is 30.8 Å². The van der Waals surface area contributed by atoms with Gasteiger partial charge >= 0.3 is 20.6 Å². The van der Waals surface area contributed by atoms with E-state index in [4.69, 9.17) is 9.11 Å². The first-order valence-corrected chi connectivity index (χ1v) is 5.37. The molecule has 0 aliphatic heterocycles. The number of hydrogen-bond donors (Lipinski definition) is 2. The van der Waals surface area contributed by atoms with Gasteiger partial charge in [0.15, 0.2) is 0 Å². The van der Waals surface area contributed by atoms with Crippen LogP contribution in [-0.4, -0.2) is 36.4 Å². The van der Waals surface area contributed by atoms with Gasteiger partial charge in [-0.1, -0.05) is 0 Å². The van der Waals surface area contributed by atoms with Crippen molar-refractivity contribution in [3.05, 3.63) is 0 Å². The topological polar surface area (TPSA) is 121 Å². The van der Waals surface area contributed by atoms with E-state index in [2.05, 4.69) is 4.84 Å². The molecule has 0 amide bonds. The van der Waals surface area contributed by atoms with Crippen LogP contribution in [0.2, 0.25) is 0 Å². The minimum Gasteiger partial charge on any atom is -0.271 e. The molecular weight excluding hydrogens is 214 g/mol. The third-order valence-electron chi connectivity index (χ3n) is 0.611. The summed E-state index contributed by atoms with van der Waals surface area (Å²) >= 11 is 0. The molecular formula is C2H7NO7S2. The van der Waals surface area contributed by atoms with Crippen LogP contribution in [0, 0.1) is 0 Å². The van der Waals surface area contributed by atoms with Gasteiger partial charge in [-0.3, -0.25) is 13.9 Å². The van der Waals surface area contributed by atoms with E-state index < -0.39 is 24.5 Å². The molecule has 8 nitrogen and oxygen atoms in total. The van der Waals surface area contributed by atoms with E-state index in [0.29, 0.717) is 0 Å². The van der Waals surface area contributed by atoms with E-state index in [-0.39, 0.29) is 6.61 Å². The van der Waals surface area contributed by atoms with E-state index in [0.717, 1.165) is 0 Å². The lowest BCUT2D eigenvalue weighted by molar-refractivity contribution is -0.0210. The molecule has 0 radical (unpaired) electrons. The predicted molar refractivity (Wildman–Crippen MR) is 36.6 cm³/mol. The molecule has 0 spiro atoms. The quantitative estimate of drug-likeness (QED) is 0.453. The minimum atomic E-state index is -5.11. The fourth-order valence-electron chi connectivity index (χ4n) is 0.358. The molecule has 2 N–H and O–H groups in total. The van der Waals surface area contributed by atoms with Crippen molar-refractivity contribution in [2.45, 2.75) is 6.92 Å². The Morgan fingerprint density at radius 1 is 1.17 bits per heavy atom. The van der Waals surface area contributed by atoms with Crippen molar-refractivity contribution in [3.63, 3.8) is 0 Å². The number of rotatable bonds is 4. The molecule has 0 saturated carbocycles. The van der Waals surface area contributed by atoms with Gasteiger partial charge in [0.25, 0.3) is 0 Å². The molecule has 0 aromatic carbocycles. The van der Waals surface area contributed by atoms with Crippen LogP contribution in [-0.2, 0) is 25.4 Å². The molecule has 0 aliphatic carbocycles. The average Bonchev–Trinajstić information content (AvgIpc) is 1.77. The van der Waals surface area contributed by atoms with Crippen LogP contribution >= 0.6 is 0 Å². The maximum atomic E-state index is 10.2. The Labute approximate surface area is 69.5 Å². The summed E-state index contributed by atoms with van der Waals surface area (Å²) in [5.41, 5.74) is 0. The van der Waals surface area contributed by atoms with Crippen molar-refractivity contribution >= 4 is 20.6 Å². The minimum absolute atomic E-state index is 0.348. The summed E-state index contributed by atoms with van der Waals surface area (Å²) in [4.78, 5) is 3.93. The smallest absolute Gasteiger partial charge is 0.271 e. The normalized spacial score (nSPS) is 13.7. The zero-order valence-electron chi connectivity index (χ0n) is 5.91. The fraction of sp³-hybridized carbons (Fsp3) is 1.00. The summed E-state index contributed by atoms with van der Waals surface area (Å²) in [6.45, 7) is 0.920. The highest BCUT2D eigenvalue weighted by Gasteiger charge is 2.32. The van der Waals surface area contributed by atoms with Gasteiger partial charge < -0.3 is 0 Å². The second-order valence-electron chi connectivity index (χ2n) is 1.54. The largest absolute Gasteiger partial charge is 0.374 e. The van der Waals surface area contributed by atoms with Crippen LogP contribution in [0.25, 0.3) is 0 Å². The average molecular weight is 221 g/mol. The van der Waals surface area contributed by atoms with Gasteiger partial charge in [0, 0.05) is 0 Å². The van der Waals surface area contributed by atoms with E-state index in [9.17, 15) is 16.8 Å². The molecule has 0 aromatic rings. The summed E-state index contributed by atoms with van der Waals surface area (Å²) in [5.74, 6) is 0. The molecule has 0 unspecified atom stereocenters. The first-order valence-electron chi connectivity index (χ1n) is 2.58. The SMILES string of the molecule is CCON(S(=O)(=O)O)S(=O)(=O)O. The highest BCUT2D eigenvalue weighted by Crippen LogP contribution is 2.04. The Balaban J connectivity index is 4.97. The van der Waals surface area contributed by atoms with Crippen molar-refractivity contribution in [2.24, 2.45) is 0 Å². The van der Waals surface area contributed by atoms with E-state index in [1.165, 1.54) is 6.92 Å². The standard InChI is InChI=1S/C2H7NO7S2/c1-2-10-3(11(4,5)6)12(7,8)9/h2H2,1H3,(H,4,5,6)(H,7,8,9). The maximum Gasteiger partial charge on any atom is 0.374 e. The predicted octanol–water partition coefficient (Wildman–Crippen LogP) is -1.15. The Bertz CT molecular complexity index is 294. The molecule has 0 rings (SSSR count). The Morgan fingerprint density at radius 3 is 1.58 bits per heavy atom. The van der Waals surface area contributed by atoms with Gasteiger partial charge in [0.2, 0.25) is 0 Å². The Kier molecular flexibility index (Phi) is 3.56. The highest BCUT2D eigenvalue weighted by atomic mass is 32.3. The molecule has 0 atom stereocenters. The van der Waals surface area contributed by atoms with Crippen LogP contribution in [0.4, 0.5) is 0 Å². The summed E-state index contributed by atoms with van der Waals surface area (Å²) in [7, 11) is -10.2. The summed E-state index contributed by atoms with van der Waals surface area (Å²) in [6.07, 6.45) is 0. The molecule has 10 heteroatoms. The molecule has 0 aromatic heterocycles. The number of nitrogens with zero attached hydrogens (tertiary/aromatic N) is 1. The lowest BCUT2D eigenvalue weighted by atomic mass is 10.9. The zero-order chi connectivity index (χ0) is 9.99. The molecule has 12 heavy (non-hydrogen) atoms. The third kappa shape index (κ3) is 3.42. The molecule has 0 fully saturated rings. The second-order valence-corrected chi connectivity index (χ2v) is 4.22. The highest BCUT2D eigenvalue weighted by molar-refractivity contribution is 7.98. The van der Waals surface area contributed by atoms with Gasteiger partial charge in [-0.2, -0.15) is 16.8 Å². The summed E-state index contributed by atoms with van der Waals surface area (Å²) in [6, 6.07) is 0. The van der Waals surface area contributed by atoms with E-state index in [1.807, 2.05) is 0 Å². The first kappa shape index (κ1) is 11.7. The molecule has 0 aliphatic rings. The lowest BCUT2D eigenvalue weighted by Crippen LogP contribution is -2.35. The summed E-state index contributed by atoms with van der Waals surface area (Å²) in [5, 5.41) is 0. The number of hydrogen-bond acceptors (Lipinski definition) is 5. The van der Waals surface area contributed by atoms with Crippen molar-refractivity contribution in [2.75, 3.05) is 6.61 Å². The van der Waals surface area contributed by atoms with Crippen LogP contribution in [0.5, 0.6) is 0 Å². The maximum absolute atomic E-state index is 10.2.